The average Bonchev–Trinajstić information content (AvgIpc) is 2.54. The second kappa shape index (κ2) is 9.01. The van der Waals surface area contributed by atoms with E-state index >= 15 is 0 Å². The van der Waals surface area contributed by atoms with Crippen molar-refractivity contribution in [2.24, 2.45) is 10.9 Å². The van der Waals surface area contributed by atoms with Gasteiger partial charge in [0, 0.05) is 39.1 Å². The Hall–Kier alpha value is -1.26. The lowest BCUT2D eigenvalue weighted by molar-refractivity contribution is -0.121. The molecule has 5 nitrogen and oxygen atoms in total. The topological polar surface area (TPSA) is 56.7 Å². The van der Waals surface area contributed by atoms with E-state index in [1.54, 1.807) is 0 Å². The molecule has 1 aliphatic carbocycles. The molecule has 0 unspecified atom stereocenters. The van der Waals surface area contributed by atoms with Crippen LogP contribution in [0.4, 0.5) is 0 Å². The molecule has 1 amide bonds. The van der Waals surface area contributed by atoms with Gasteiger partial charge in [-0.3, -0.25) is 9.79 Å². The number of amides is 1. The molecule has 1 saturated heterocycles. The average molecular weight is 308 g/mol. The van der Waals surface area contributed by atoms with Gasteiger partial charge in [-0.15, -0.1) is 0 Å². The molecule has 0 radical (unpaired) electrons. The van der Waals surface area contributed by atoms with Gasteiger partial charge in [-0.1, -0.05) is 26.2 Å². The van der Waals surface area contributed by atoms with Crippen molar-refractivity contribution in [2.75, 3.05) is 26.7 Å². The van der Waals surface area contributed by atoms with E-state index in [1.165, 1.54) is 32.1 Å². The van der Waals surface area contributed by atoms with E-state index < -0.39 is 0 Å². The molecule has 2 rings (SSSR count). The standard InChI is InChI=1S/C17H32N4O/c1-14-9-12-21(13-10-14)17(18-2)19-11-8-16(22)20-15-6-4-3-5-7-15/h14-15H,3-13H2,1-2H3,(H,18,19)(H,20,22). The summed E-state index contributed by atoms with van der Waals surface area (Å²) in [5.74, 6) is 1.93. The van der Waals surface area contributed by atoms with Crippen LogP contribution in [0, 0.1) is 5.92 Å². The minimum atomic E-state index is 0.169. The van der Waals surface area contributed by atoms with Crippen LogP contribution in [0.5, 0.6) is 0 Å². The second-order valence-electron chi connectivity index (χ2n) is 6.80. The molecule has 5 heteroatoms. The van der Waals surface area contributed by atoms with E-state index in [0.717, 1.165) is 37.8 Å². The number of aliphatic imine (C=N–C) groups is 1. The summed E-state index contributed by atoms with van der Waals surface area (Å²) >= 11 is 0. The van der Waals surface area contributed by atoms with Gasteiger partial charge in [0.15, 0.2) is 5.96 Å². The number of guanidine groups is 1. The molecule has 2 aliphatic rings. The van der Waals surface area contributed by atoms with Crippen LogP contribution in [0.25, 0.3) is 0 Å². The minimum absolute atomic E-state index is 0.169. The molecular weight excluding hydrogens is 276 g/mol. The molecule has 0 aromatic rings. The zero-order valence-corrected chi connectivity index (χ0v) is 14.2. The molecule has 22 heavy (non-hydrogen) atoms. The van der Waals surface area contributed by atoms with Gasteiger partial charge in [-0.05, 0) is 31.6 Å². The largest absolute Gasteiger partial charge is 0.356 e. The van der Waals surface area contributed by atoms with Gasteiger partial charge in [0.1, 0.15) is 0 Å². The maximum absolute atomic E-state index is 12.0. The van der Waals surface area contributed by atoms with Gasteiger partial charge in [0.2, 0.25) is 5.91 Å². The quantitative estimate of drug-likeness (QED) is 0.618. The number of hydrogen-bond donors (Lipinski definition) is 2. The molecule has 126 valence electrons. The monoisotopic (exact) mass is 308 g/mol. The van der Waals surface area contributed by atoms with Crippen LogP contribution in [0.1, 0.15) is 58.3 Å². The van der Waals surface area contributed by atoms with Gasteiger partial charge >= 0.3 is 0 Å². The van der Waals surface area contributed by atoms with Gasteiger partial charge in [0.25, 0.3) is 0 Å². The highest BCUT2D eigenvalue weighted by atomic mass is 16.1. The molecule has 0 atom stereocenters. The Bertz CT molecular complexity index is 369. The third-order valence-corrected chi connectivity index (χ3v) is 4.90. The number of carbonyl (C=O) groups excluding carboxylic acids is 1. The number of hydrogen-bond acceptors (Lipinski definition) is 2. The highest BCUT2D eigenvalue weighted by molar-refractivity contribution is 5.81. The number of likely N-dealkylation sites (tertiary alicyclic amines) is 1. The lowest BCUT2D eigenvalue weighted by Crippen LogP contribution is -2.46. The van der Waals surface area contributed by atoms with E-state index in [-0.39, 0.29) is 5.91 Å². The molecule has 1 aliphatic heterocycles. The first-order chi connectivity index (χ1) is 10.7. The molecule has 2 N–H and O–H groups in total. The molecule has 1 saturated carbocycles. The molecule has 0 spiro atoms. The van der Waals surface area contributed by atoms with E-state index in [2.05, 4.69) is 27.4 Å². The first-order valence-electron chi connectivity index (χ1n) is 8.94. The summed E-state index contributed by atoms with van der Waals surface area (Å²) < 4.78 is 0. The Morgan fingerprint density at radius 2 is 1.82 bits per heavy atom. The SMILES string of the molecule is CN=C(NCCC(=O)NC1CCCCC1)N1CCC(C)CC1. The summed E-state index contributed by atoms with van der Waals surface area (Å²) in [5.41, 5.74) is 0. The van der Waals surface area contributed by atoms with Gasteiger partial charge in [-0.25, -0.2) is 0 Å². The van der Waals surface area contributed by atoms with Crippen LogP contribution in [0.2, 0.25) is 0 Å². The normalized spacial score (nSPS) is 21.7. The van der Waals surface area contributed by atoms with Crippen molar-refractivity contribution in [3.8, 4) is 0 Å². The first kappa shape index (κ1) is 17.1. The van der Waals surface area contributed by atoms with Gasteiger partial charge < -0.3 is 15.5 Å². The Balaban J connectivity index is 1.64. The molecule has 2 fully saturated rings. The third kappa shape index (κ3) is 5.50. The smallest absolute Gasteiger partial charge is 0.221 e. The molecule has 0 aromatic carbocycles. The molecule has 1 heterocycles. The highest BCUT2D eigenvalue weighted by Crippen LogP contribution is 2.17. The maximum atomic E-state index is 12.0. The Labute approximate surface area is 134 Å². The number of piperidine rings is 1. The van der Waals surface area contributed by atoms with Crippen molar-refractivity contribution >= 4 is 11.9 Å². The molecule has 0 bridgehead atoms. The zero-order valence-electron chi connectivity index (χ0n) is 14.2. The van der Waals surface area contributed by atoms with Crippen molar-refractivity contribution < 1.29 is 4.79 Å². The number of nitrogens with one attached hydrogen (secondary N) is 2. The van der Waals surface area contributed by atoms with Crippen LogP contribution in [-0.2, 0) is 4.79 Å². The van der Waals surface area contributed by atoms with E-state index in [9.17, 15) is 4.79 Å². The summed E-state index contributed by atoms with van der Waals surface area (Å²) in [7, 11) is 1.82. The lowest BCUT2D eigenvalue weighted by atomic mass is 9.95. The maximum Gasteiger partial charge on any atom is 0.221 e. The Morgan fingerprint density at radius 1 is 1.14 bits per heavy atom. The fourth-order valence-corrected chi connectivity index (χ4v) is 3.39. The highest BCUT2D eigenvalue weighted by Gasteiger charge is 2.19. The number of nitrogens with zero attached hydrogens (tertiary/aromatic N) is 2. The molecular formula is C17H32N4O. The minimum Gasteiger partial charge on any atom is -0.356 e. The lowest BCUT2D eigenvalue weighted by Gasteiger charge is -2.32. The Morgan fingerprint density at radius 3 is 2.45 bits per heavy atom. The van der Waals surface area contributed by atoms with Crippen LogP contribution in [-0.4, -0.2) is 49.5 Å². The van der Waals surface area contributed by atoms with Crippen molar-refractivity contribution in [3.05, 3.63) is 0 Å². The van der Waals surface area contributed by atoms with E-state index in [0.29, 0.717) is 19.0 Å². The first-order valence-corrected chi connectivity index (χ1v) is 8.94. The molecule has 0 aromatic heterocycles. The van der Waals surface area contributed by atoms with Gasteiger partial charge in [-0.2, -0.15) is 0 Å². The number of rotatable bonds is 4. The van der Waals surface area contributed by atoms with E-state index in [4.69, 9.17) is 0 Å². The van der Waals surface area contributed by atoms with Crippen LogP contribution < -0.4 is 10.6 Å². The van der Waals surface area contributed by atoms with Crippen molar-refractivity contribution in [1.29, 1.82) is 0 Å². The summed E-state index contributed by atoms with van der Waals surface area (Å²) in [4.78, 5) is 18.6. The third-order valence-electron chi connectivity index (χ3n) is 4.90. The summed E-state index contributed by atoms with van der Waals surface area (Å²) in [6.07, 6.45) is 9.09. The Kier molecular flexibility index (Phi) is 7.00. The predicted molar refractivity (Wildman–Crippen MR) is 91.0 cm³/mol. The summed E-state index contributed by atoms with van der Waals surface area (Å²) in [6.45, 7) is 5.10. The van der Waals surface area contributed by atoms with E-state index in [1.807, 2.05) is 7.05 Å². The second-order valence-corrected chi connectivity index (χ2v) is 6.80. The van der Waals surface area contributed by atoms with Crippen molar-refractivity contribution in [1.82, 2.24) is 15.5 Å². The number of carbonyl (C=O) groups is 1. The van der Waals surface area contributed by atoms with Gasteiger partial charge in [0.05, 0.1) is 0 Å². The predicted octanol–water partition coefficient (Wildman–Crippen LogP) is 2.13. The van der Waals surface area contributed by atoms with Crippen molar-refractivity contribution in [3.63, 3.8) is 0 Å². The van der Waals surface area contributed by atoms with Crippen LogP contribution >= 0.6 is 0 Å². The summed E-state index contributed by atoms with van der Waals surface area (Å²) in [6, 6.07) is 0.407. The fraction of sp³-hybridized carbons (Fsp3) is 0.882. The van der Waals surface area contributed by atoms with Crippen LogP contribution in [0.3, 0.4) is 0 Å². The van der Waals surface area contributed by atoms with Crippen molar-refractivity contribution in [2.45, 2.75) is 64.3 Å². The summed E-state index contributed by atoms with van der Waals surface area (Å²) in [5, 5.41) is 6.50. The fourth-order valence-electron chi connectivity index (χ4n) is 3.39. The zero-order chi connectivity index (χ0) is 15.8. The van der Waals surface area contributed by atoms with Crippen LogP contribution in [0.15, 0.2) is 4.99 Å².